The summed E-state index contributed by atoms with van der Waals surface area (Å²) in [4.78, 5) is 27.8. The molecule has 3 rings (SSSR count). The summed E-state index contributed by atoms with van der Waals surface area (Å²) in [5.74, 6) is 0.659. The number of carbonyl (C=O) groups excluding carboxylic acids is 1. The van der Waals surface area contributed by atoms with Crippen molar-refractivity contribution in [3.63, 3.8) is 0 Å². The standard InChI is InChI=1S/C22H31ClFN5O2S/c1-6-11-29(21(30)31-22(3,4)5)12-13-9-8-10-14-15-17(16(24)18(23)26-14)27-20(32-7-2)28-19(15)25-13/h13H,6-12H2,1-5H3,(H,25,27,28)/t13-/m1/s1. The summed E-state index contributed by atoms with van der Waals surface area (Å²) in [7, 11) is 0. The highest BCUT2D eigenvalue weighted by Gasteiger charge is 2.27. The summed E-state index contributed by atoms with van der Waals surface area (Å²) < 4.78 is 20.5. The molecule has 2 aromatic rings. The Kier molecular flexibility index (Phi) is 8.03. The minimum atomic E-state index is -0.632. The molecule has 0 bridgehead atoms. The van der Waals surface area contributed by atoms with Crippen molar-refractivity contribution < 1.29 is 13.9 Å². The van der Waals surface area contributed by atoms with E-state index in [0.717, 1.165) is 25.0 Å². The van der Waals surface area contributed by atoms with Gasteiger partial charge in [0.25, 0.3) is 0 Å². The van der Waals surface area contributed by atoms with Crippen LogP contribution < -0.4 is 5.32 Å². The number of carbonyl (C=O) groups is 1. The lowest BCUT2D eigenvalue weighted by Gasteiger charge is -2.31. The molecule has 0 spiro atoms. The number of hydrogen-bond acceptors (Lipinski definition) is 7. The van der Waals surface area contributed by atoms with Crippen molar-refractivity contribution in [3.8, 4) is 0 Å². The van der Waals surface area contributed by atoms with Crippen molar-refractivity contribution in [2.75, 3.05) is 24.2 Å². The van der Waals surface area contributed by atoms with Gasteiger partial charge < -0.3 is 15.0 Å². The fourth-order valence-corrected chi connectivity index (χ4v) is 4.47. The number of aromatic nitrogens is 3. The number of halogens is 2. The molecule has 7 nitrogen and oxygen atoms in total. The third-order valence-electron chi connectivity index (χ3n) is 4.97. The summed E-state index contributed by atoms with van der Waals surface area (Å²) in [6.07, 6.45) is 2.71. The highest BCUT2D eigenvalue weighted by Crippen LogP contribution is 2.34. The highest BCUT2D eigenvalue weighted by molar-refractivity contribution is 7.99. The quantitative estimate of drug-likeness (QED) is 0.321. The van der Waals surface area contributed by atoms with Gasteiger partial charge in [-0.25, -0.2) is 24.1 Å². The van der Waals surface area contributed by atoms with Gasteiger partial charge in [0.15, 0.2) is 16.1 Å². The SMILES string of the molecule is CCCN(C[C@H]1CCCc2nc(Cl)c(F)c3nc(SCC)nc(c23)N1)C(=O)OC(C)(C)C. The maximum Gasteiger partial charge on any atom is 0.410 e. The van der Waals surface area contributed by atoms with Crippen molar-refractivity contribution in [1.82, 2.24) is 19.9 Å². The van der Waals surface area contributed by atoms with Crippen LogP contribution in [0.1, 0.15) is 59.6 Å². The Labute approximate surface area is 197 Å². The van der Waals surface area contributed by atoms with Crippen molar-refractivity contribution in [2.45, 2.75) is 77.1 Å². The fourth-order valence-electron chi connectivity index (χ4n) is 3.71. The molecule has 3 heterocycles. The number of pyridine rings is 1. The van der Waals surface area contributed by atoms with Crippen LogP contribution in [0, 0.1) is 5.82 Å². The normalized spacial score (nSPS) is 16.3. The van der Waals surface area contributed by atoms with Crippen LogP contribution >= 0.6 is 23.4 Å². The summed E-state index contributed by atoms with van der Waals surface area (Å²) in [6, 6.07) is -0.0708. The van der Waals surface area contributed by atoms with Gasteiger partial charge in [-0.2, -0.15) is 0 Å². The van der Waals surface area contributed by atoms with Gasteiger partial charge in [-0.3, -0.25) is 0 Å². The van der Waals surface area contributed by atoms with Crippen LogP contribution in [0.4, 0.5) is 15.0 Å². The van der Waals surface area contributed by atoms with Gasteiger partial charge in [-0.1, -0.05) is 37.2 Å². The van der Waals surface area contributed by atoms with Crippen molar-refractivity contribution in [1.29, 1.82) is 0 Å². The number of anilines is 1. The van der Waals surface area contributed by atoms with Crippen molar-refractivity contribution in [3.05, 3.63) is 16.7 Å². The van der Waals surface area contributed by atoms with E-state index in [4.69, 9.17) is 16.3 Å². The second-order valence-electron chi connectivity index (χ2n) is 8.83. The van der Waals surface area contributed by atoms with Crippen molar-refractivity contribution >= 4 is 46.2 Å². The number of thioether (sulfide) groups is 1. The lowest BCUT2D eigenvalue weighted by molar-refractivity contribution is 0.0240. The highest BCUT2D eigenvalue weighted by atomic mass is 35.5. The second kappa shape index (κ2) is 10.4. The lowest BCUT2D eigenvalue weighted by Crippen LogP contribution is -2.44. The van der Waals surface area contributed by atoms with E-state index in [-0.39, 0.29) is 22.8 Å². The van der Waals surface area contributed by atoms with E-state index in [1.807, 2.05) is 34.6 Å². The Balaban J connectivity index is 1.96. The molecule has 0 aromatic carbocycles. The zero-order valence-corrected chi connectivity index (χ0v) is 20.9. The first-order valence-electron chi connectivity index (χ1n) is 11.1. The topological polar surface area (TPSA) is 80.2 Å². The molecule has 1 atom stereocenters. The zero-order valence-electron chi connectivity index (χ0n) is 19.3. The Bertz CT molecular complexity index is 985. The van der Waals surface area contributed by atoms with Gasteiger partial charge in [0, 0.05) is 19.1 Å². The van der Waals surface area contributed by atoms with E-state index in [1.54, 1.807) is 4.90 Å². The third kappa shape index (κ3) is 5.92. The van der Waals surface area contributed by atoms with E-state index in [0.29, 0.717) is 41.6 Å². The zero-order chi connectivity index (χ0) is 23.5. The van der Waals surface area contributed by atoms with Crippen LogP contribution in [-0.2, 0) is 11.2 Å². The van der Waals surface area contributed by atoms with Crippen LogP contribution in [0.25, 0.3) is 10.9 Å². The average Bonchev–Trinajstić information content (AvgIpc) is 2.68. The first-order valence-corrected chi connectivity index (χ1v) is 12.4. The van der Waals surface area contributed by atoms with Gasteiger partial charge in [0.1, 0.15) is 16.9 Å². The Morgan fingerprint density at radius 1 is 1.31 bits per heavy atom. The molecule has 1 aliphatic rings. The third-order valence-corrected chi connectivity index (χ3v) is 5.95. The molecular weight excluding hydrogens is 453 g/mol. The maximum absolute atomic E-state index is 14.9. The molecule has 0 fully saturated rings. The van der Waals surface area contributed by atoms with E-state index >= 15 is 0 Å². The van der Waals surface area contributed by atoms with Crippen LogP contribution in [0.2, 0.25) is 5.15 Å². The van der Waals surface area contributed by atoms with Gasteiger partial charge in [-0.15, -0.1) is 0 Å². The first kappa shape index (κ1) is 24.8. The Morgan fingerprint density at radius 3 is 2.72 bits per heavy atom. The molecule has 0 aliphatic carbocycles. The summed E-state index contributed by atoms with van der Waals surface area (Å²) in [6.45, 7) is 10.6. The maximum atomic E-state index is 14.9. The molecule has 2 aromatic heterocycles. The number of nitrogens with zero attached hydrogens (tertiary/aromatic N) is 4. The van der Waals surface area contributed by atoms with Gasteiger partial charge in [-0.05, 0) is 52.2 Å². The van der Waals surface area contributed by atoms with Gasteiger partial charge in [0.05, 0.1) is 11.1 Å². The molecule has 0 unspecified atom stereocenters. The molecule has 0 saturated heterocycles. The molecule has 1 aliphatic heterocycles. The summed E-state index contributed by atoms with van der Waals surface area (Å²) in [5.41, 5.74) is 0.314. The van der Waals surface area contributed by atoms with E-state index in [2.05, 4.69) is 20.3 Å². The molecule has 10 heteroatoms. The second-order valence-corrected chi connectivity index (χ2v) is 10.4. The molecule has 1 N–H and O–H groups in total. The van der Waals surface area contributed by atoms with Gasteiger partial charge >= 0.3 is 6.09 Å². The summed E-state index contributed by atoms with van der Waals surface area (Å²) in [5, 5.41) is 4.33. The number of amides is 1. The van der Waals surface area contributed by atoms with Crippen molar-refractivity contribution in [2.24, 2.45) is 0 Å². The molecule has 176 valence electrons. The van der Waals surface area contributed by atoms with Crippen LogP contribution in [0.15, 0.2) is 5.16 Å². The molecule has 0 radical (unpaired) electrons. The fraction of sp³-hybridized carbons (Fsp3) is 0.636. The minimum Gasteiger partial charge on any atom is -0.444 e. The monoisotopic (exact) mass is 483 g/mol. The van der Waals surface area contributed by atoms with E-state index in [1.165, 1.54) is 11.8 Å². The van der Waals surface area contributed by atoms with Crippen LogP contribution in [-0.4, -0.2) is 56.4 Å². The Hall–Kier alpha value is -1.87. The predicted molar refractivity (Wildman–Crippen MR) is 127 cm³/mol. The van der Waals surface area contributed by atoms with Crippen LogP contribution in [0.5, 0.6) is 0 Å². The summed E-state index contributed by atoms with van der Waals surface area (Å²) >= 11 is 7.49. The number of hydrogen-bond donors (Lipinski definition) is 1. The predicted octanol–water partition coefficient (Wildman–Crippen LogP) is 5.69. The molecule has 0 saturated carbocycles. The Morgan fingerprint density at radius 2 is 2.06 bits per heavy atom. The van der Waals surface area contributed by atoms with Crippen LogP contribution in [0.3, 0.4) is 0 Å². The smallest absolute Gasteiger partial charge is 0.410 e. The number of ether oxygens (including phenoxy) is 1. The largest absolute Gasteiger partial charge is 0.444 e. The molecule has 1 amide bonds. The van der Waals surface area contributed by atoms with E-state index in [9.17, 15) is 9.18 Å². The number of nitrogens with one attached hydrogen (secondary N) is 1. The average molecular weight is 484 g/mol. The molecular formula is C22H31ClFN5O2S. The lowest BCUT2D eigenvalue weighted by atomic mass is 10.0. The minimum absolute atomic E-state index is 0.0708. The number of rotatable bonds is 6. The molecule has 32 heavy (non-hydrogen) atoms. The van der Waals surface area contributed by atoms with E-state index < -0.39 is 11.4 Å². The first-order chi connectivity index (χ1) is 15.1. The van der Waals surface area contributed by atoms with Gasteiger partial charge in [0.2, 0.25) is 0 Å². The number of aryl methyl sites for hydroxylation is 1.